The third-order valence-corrected chi connectivity index (χ3v) is 2.28. The summed E-state index contributed by atoms with van der Waals surface area (Å²) in [6, 6.07) is 0. The fourth-order valence-corrected chi connectivity index (χ4v) is 1.32. The van der Waals surface area contributed by atoms with Gasteiger partial charge in [0, 0.05) is 32.8 Å². The summed E-state index contributed by atoms with van der Waals surface area (Å²) in [4.78, 5) is 8.88. The highest BCUT2D eigenvalue weighted by Gasteiger charge is 2.13. The molecule has 0 aliphatic carbocycles. The molecule has 0 saturated heterocycles. The van der Waals surface area contributed by atoms with Gasteiger partial charge in [-0.2, -0.15) is 10.1 Å². The van der Waals surface area contributed by atoms with Gasteiger partial charge in [-0.25, -0.2) is 4.99 Å². The van der Waals surface area contributed by atoms with Crippen molar-refractivity contribution in [1.29, 1.82) is 0 Å². The normalized spacial score (nSPS) is 15.4. The maximum Gasteiger partial charge on any atom is 0.253 e. The van der Waals surface area contributed by atoms with Gasteiger partial charge in [0.15, 0.2) is 0 Å². The van der Waals surface area contributed by atoms with Gasteiger partial charge in [0.1, 0.15) is 6.61 Å². The molecule has 0 fully saturated rings. The van der Waals surface area contributed by atoms with Gasteiger partial charge in [-0.05, 0) is 6.42 Å². The van der Waals surface area contributed by atoms with E-state index >= 15 is 0 Å². The monoisotopic (exact) mass is 261 g/mol. The Balaban J connectivity index is 4.04. The largest absolute Gasteiger partial charge is 0.593 e. The van der Waals surface area contributed by atoms with Gasteiger partial charge in [0.05, 0.1) is 13.3 Å². The molecule has 0 saturated carbocycles. The summed E-state index contributed by atoms with van der Waals surface area (Å²) in [7, 11) is 3.11. The molecule has 18 heavy (non-hydrogen) atoms. The van der Waals surface area contributed by atoms with Gasteiger partial charge in [0.2, 0.25) is 0 Å². The lowest BCUT2D eigenvalue weighted by molar-refractivity contribution is -0.975. The van der Waals surface area contributed by atoms with E-state index in [-0.39, 0.29) is 25.1 Å². The summed E-state index contributed by atoms with van der Waals surface area (Å²) in [6.45, 7) is 4.93. The fourth-order valence-electron chi connectivity index (χ4n) is 1.32. The molecule has 3 N–H and O–H groups in total. The van der Waals surface area contributed by atoms with Gasteiger partial charge in [-0.15, -0.1) is 0 Å². The minimum atomic E-state index is -0.478. The lowest BCUT2D eigenvalue weighted by Gasteiger charge is -2.22. The number of rotatable bonds is 10. The maximum atomic E-state index is 11.5. The summed E-state index contributed by atoms with van der Waals surface area (Å²) in [5.41, 5.74) is 5.22. The minimum Gasteiger partial charge on any atom is -0.593 e. The van der Waals surface area contributed by atoms with Crippen LogP contribution >= 0.6 is 0 Å². The molecular formula is C11H23N3O4. The topological polar surface area (TPSA) is 93.6 Å². The van der Waals surface area contributed by atoms with Crippen molar-refractivity contribution in [2.45, 2.75) is 6.42 Å². The molecule has 0 bridgehead atoms. The van der Waals surface area contributed by atoms with E-state index in [0.29, 0.717) is 19.6 Å². The van der Waals surface area contributed by atoms with Gasteiger partial charge < -0.3 is 20.4 Å². The number of quaternary nitrogens is 1. The Morgan fingerprint density at radius 1 is 1.56 bits per heavy atom. The SMILES string of the molecule is C=CC(=NC)[NH+]([O-])OCC(CCOCN)COC. The second-order valence-electron chi connectivity index (χ2n) is 3.60. The van der Waals surface area contributed by atoms with Crippen molar-refractivity contribution in [1.82, 2.24) is 0 Å². The number of methoxy groups -OCH3 is 1. The number of nitrogens with one attached hydrogen (secondary N) is 1. The molecule has 0 aliphatic heterocycles. The van der Waals surface area contributed by atoms with Crippen molar-refractivity contribution in [3.05, 3.63) is 17.9 Å². The number of nitrogens with two attached hydrogens (primary N) is 1. The van der Waals surface area contributed by atoms with Crippen LogP contribution in [0.25, 0.3) is 0 Å². The van der Waals surface area contributed by atoms with E-state index in [2.05, 4.69) is 11.6 Å². The summed E-state index contributed by atoms with van der Waals surface area (Å²) in [5.74, 6) is 0.290. The molecule has 0 rings (SSSR count). The molecule has 7 nitrogen and oxygen atoms in total. The van der Waals surface area contributed by atoms with E-state index in [1.807, 2.05) is 0 Å². The highest BCUT2D eigenvalue weighted by atomic mass is 16.9. The van der Waals surface area contributed by atoms with E-state index in [9.17, 15) is 5.21 Å². The van der Waals surface area contributed by atoms with Crippen LogP contribution in [0.15, 0.2) is 17.6 Å². The Morgan fingerprint density at radius 3 is 2.78 bits per heavy atom. The second kappa shape index (κ2) is 11.3. The molecule has 2 unspecified atom stereocenters. The highest BCUT2D eigenvalue weighted by Crippen LogP contribution is 2.03. The van der Waals surface area contributed by atoms with Gasteiger partial charge in [0.25, 0.3) is 5.84 Å². The number of hydrogen-bond donors (Lipinski definition) is 2. The molecule has 2 atom stereocenters. The summed E-state index contributed by atoms with van der Waals surface area (Å²) in [5, 5.41) is 11.0. The van der Waals surface area contributed by atoms with Crippen LogP contribution < -0.4 is 11.0 Å². The van der Waals surface area contributed by atoms with Crippen molar-refractivity contribution in [2.75, 3.05) is 40.7 Å². The first kappa shape index (κ1) is 17.2. The van der Waals surface area contributed by atoms with Crippen molar-refractivity contribution >= 4 is 5.84 Å². The summed E-state index contributed by atoms with van der Waals surface area (Å²) < 4.78 is 10.1. The van der Waals surface area contributed by atoms with E-state index < -0.39 is 5.23 Å². The standard InChI is InChI=1S/C11H23N3O4/c1-4-11(13-2)14(15)18-8-10(7-16-3)5-6-17-9-12/h4,10,14H,1,5-9,12H2,2-3H3. The fraction of sp³-hybridized carbons (Fsp3) is 0.727. The summed E-state index contributed by atoms with van der Waals surface area (Å²) >= 11 is 0. The number of aliphatic imine (C=N–C) groups is 1. The first-order valence-corrected chi connectivity index (χ1v) is 5.72. The van der Waals surface area contributed by atoms with Crippen LogP contribution in [-0.2, 0) is 14.3 Å². The molecule has 0 aromatic rings. The average Bonchev–Trinajstić information content (AvgIpc) is 2.37. The maximum absolute atomic E-state index is 11.5. The molecular weight excluding hydrogens is 238 g/mol. The van der Waals surface area contributed by atoms with Crippen molar-refractivity contribution in [2.24, 2.45) is 16.6 Å². The first-order chi connectivity index (χ1) is 8.69. The second-order valence-corrected chi connectivity index (χ2v) is 3.60. The van der Waals surface area contributed by atoms with Crippen molar-refractivity contribution in [3.8, 4) is 0 Å². The van der Waals surface area contributed by atoms with Crippen LogP contribution in [0, 0.1) is 11.1 Å². The van der Waals surface area contributed by atoms with Gasteiger partial charge in [-0.1, -0.05) is 6.58 Å². The van der Waals surface area contributed by atoms with Crippen LogP contribution in [-0.4, -0.2) is 46.5 Å². The number of hydrogen-bond acceptors (Lipinski definition) is 6. The highest BCUT2D eigenvalue weighted by molar-refractivity contribution is 5.84. The van der Waals surface area contributed by atoms with Crippen molar-refractivity contribution < 1.29 is 19.5 Å². The van der Waals surface area contributed by atoms with Crippen molar-refractivity contribution in [3.63, 3.8) is 0 Å². The van der Waals surface area contributed by atoms with Crippen LogP contribution in [0.5, 0.6) is 0 Å². The molecule has 0 radical (unpaired) electrons. The van der Waals surface area contributed by atoms with Crippen LogP contribution in [0.2, 0.25) is 0 Å². The lowest BCUT2D eigenvalue weighted by atomic mass is 10.1. The zero-order valence-electron chi connectivity index (χ0n) is 11.1. The minimum absolute atomic E-state index is 0.0772. The molecule has 0 aromatic heterocycles. The van der Waals surface area contributed by atoms with Gasteiger partial charge in [-0.3, -0.25) is 0 Å². The van der Waals surface area contributed by atoms with E-state index in [1.54, 1.807) is 7.11 Å². The molecule has 0 heterocycles. The number of ether oxygens (including phenoxy) is 2. The molecule has 0 amide bonds. The van der Waals surface area contributed by atoms with Crippen LogP contribution in [0.4, 0.5) is 0 Å². The molecule has 0 aliphatic rings. The van der Waals surface area contributed by atoms with Gasteiger partial charge >= 0.3 is 0 Å². The Hall–Kier alpha value is -0.830. The number of hydroxylamine groups is 2. The smallest absolute Gasteiger partial charge is 0.253 e. The zero-order chi connectivity index (χ0) is 13.8. The molecule has 0 spiro atoms. The van der Waals surface area contributed by atoms with E-state index in [0.717, 1.165) is 0 Å². The number of nitrogens with zero attached hydrogens (tertiary/aromatic N) is 1. The van der Waals surface area contributed by atoms with E-state index in [1.165, 1.54) is 13.1 Å². The molecule has 7 heteroatoms. The lowest BCUT2D eigenvalue weighted by Crippen LogP contribution is -3.09. The first-order valence-electron chi connectivity index (χ1n) is 5.72. The quantitative estimate of drug-likeness (QED) is 0.175. The Morgan fingerprint density at radius 2 is 2.28 bits per heavy atom. The molecule has 0 aromatic carbocycles. The zero-order valence-corrected chi connectivity index (χ0v) is 11.1. The Labute approximate surface area is 108 Å². The Kier molecular flexibility index (Phi) is 10.8. The summed E-state index contributed by atoms with van der Waals surface area (Å²) in [6.07, 6.45) is 2.08. The third kappa shape index (κ3) is 7.49. The predicted octanol–water partition coefficient (Wildman–Crippen LogP) is -0.899. The van der Waals surface area contributed by atoms with Crippen LogP contribution in [0.1, 0.15) is 6.42 Å². The molecule has 106 valence electrons. The third-order valence-electron chi connectivity index (χ3n) is 2.28. The van der Waals surface area contributed by atoms with Crippen LogP contribution in [0.3, 0.4) is 0 Å². The van der Waals surface area contributed by atoms with E-state index in [4.69, 9.17) is 20.0 Å². The average molecular weight is 261 g/mol. The predicted molar refractivity (Wildman–Crippen MR) is 68.8 cm³/mol. The number of amidine groups is 1. The Bertz CT molecular complexity index is 248.